The highest BCUT2D eigenvalue weighted by atomic mass is 16.6. The van der Waals surface area contributed by atoms with Crippen LogP contribution in [0.1, 0.15) is 90.9 Å². The lowest BCUT2D eigenvalue weighted by Gasteiger charge is -2.26. The quantitative estimate of drug-likeness (QED) is 0.0397. The molecule has 252 valence electrons. The van der Waals surface area contributed by atoms with E-state index in [0.717, 1.165) is 38.5 Å². The first-order valence-electron chi connectivity index (χ1n) is 16.0. The van der Waals surface area contributed by atoms with Crippen molar-refractivity contribution in [3.05, 3.63) is 31.2 Å². The summed E-state index contributed by atoms with van der Waals surface area (Å²) in [7, 11) is 5.70. The van der Waals surface area contributed by atoms with Crippen LogP contribution in [0.4, 0.5) is 0 Å². The van der Waals surface area contributed by atoms with Gasteiger partial charge in [0.2, 0.25) is 11.8 Å². The van der Waals surface area contributed by atoms with E-state index >= 15 is 0 Å². The number of aliphatic hydroxyl groups excluding tert-OH is 2. The number of nitrogens with one attached hydrogen (secondary N) is 2. The highest BCUT2D eigenvalue weighted by Gasteiger charge is 2.25. The molecule has 0 aliphatic carbocycles. The molecule has 0 aliphatic rings. The molecule has 2 amide bonds. The first-order valence-corrected chi connectivity index (χ1v) is 16.0. The second-order valence-electron chi connectivity index (χ2n) is 12.2. The van der Waals surface area contributed by atoms with Gasteiger partial charge in [-0.05, 0) is 38.5 Å². The predicted octanol–water partition coefficient (Wildman–Crippen LogP) is 3.14. The Kier molecular flexibility index (Phi) is 22.8. The monoisotopic (exact) mass is 625 g/mol. The lowest BCUT2D eigenvalue weighted by Crippen LogP contribution is -2.42. The number of carbonyl (C=O) groups is 4. The van der Waals surface area contributed by atoms with E-state index in [-0.39, 0.29) is 63.1 Å². The van der Waals surface area contributed by atoms with Crippen molar-refractivity contribution >= 4 is 23.8 Å². The minimum absolute atomic E-state index is 0.117. The summed E-state index contributed by atoms with van der Waals surface area (Å²) < 4.78 is 11.2. The molecule has 0 aromatic heterocycles. The molecule has 0 heterocycles. The summed E-state index contributed by atoms with van der Waals surface area (Å²) in [4.78, 5) is 47.7. The molecule has 0 bridgehead atoms. The van der Waals surface area contributed by atoms with Crippen molar-refractivity contribution in [1.82, 2.24) is 10.6 Å². The molecule has 4 unspecified atom stereocenters. The third-order valence-electron chi connectivity index (χ3n) is 6.68. The zero-order valence-electron chi connectivity index (χ0n) is 27.7. The topological polar surface area (TPSA) is 151 Å². The smallest absolute Gasteiger partial charge is 0.455 e. The zero-order valence-corrected chi connectivity index (χ0v) is 27.7. The standard InChI is InChI=1S/C33H57N3O8/c1-7-9-11-19-29(43-26(3)37)27(38)17-13-15-21-31(40)34-23-24-35-32(41)22-16-14-18-28(39)30(20-12-10-8-2)44-33(42)25-36(4,5)6/h13-16,27-30,38-39H,3,7-12,17-25H2,1-2,4-6H3/p+2/b15-13+,16-14+. The molecule has 0 aliphatic heterocycles. The molecule has 4 N–H and O–H groups in total. The Morgan fingerprint density at radius 2 is 1.16 bits per heavy atom. The molecule has 0 radical (unpaired) electrons. The molecule has 0 spiro atoms. The minimum atomic E-state index is -0.869. The summed E-state index contributed by atoms with van der Waals surface area (Å²) in [6.07, 6.45) is 11.4. The number of quaternary nitrogens is 1. The number of amides is 2. The Morgan fingerprint density at radius 3 is 1.55 bits per heavy atom. The molecule has 11 heteroatoms. The number of likely N-dealkylation sites (N-methyl/N-ethyl adjacent to an activating group) is 1. The first kappa shape index (κ1) is 41.1. The van der Waals surface area contributed by atoms with Gasteiger partial charge in [0, 0.05) is 25.9 Å². The third-order valence-corrected chi connectivity index (χ3v) is 6.68. The van der Waals surface area contributed by atoms with Crippen LogP contribution in [0.3, 0.4) is 0 Å². The summed E-state index contributed by atoms with van der Waals surface area (Å²) in [5.41, 5.74) is 0. The predicted molar refractivity (Wildman–Crippen MR) is 171 cm³/mol. The van der Waals surface area contributed by atoms with Crippen molar-refractivity contribution < 1.29 is 43.3 Å². The average Bonchev–Trinajstić information content (AvgIpc) is 2.93. The number of carbonyl (C=O) groups excluding carboxylic acids is 4. The Bertz CT molecular complexity index is 885. The Labute approximate surface area is 265 Å². The van der Waals surface area contributed by atoms with Crippen LogP contribution in [0, 0.1) is 6.92 Å². The number of hydrogen-bond acceptors (Lipinski definition) is 8. The fourth-order valence-corrected chi connectivity index (χ4v) is 4.32. The fourth-order valence-electron chi connectivity index (χ4n) is 4.32. The van der Waals surface area contributed by atoms with Gasteiger partial charge in [0.1, 0.15) is 12.2 Å². The lowest BCUT2D eigenvalue weighted by atomic mass is 10.0. The van der Waals surface area contributed by atoms with E-state index in [1.165, 1.54) is 0 Å². The maximum atomic E-state index is 12.3. The van der Waals surface area contributed by atoms with Crippen LogP contribution in [0.15, 0.2) is 24.3 Å². The summed E-state index contributed by atoms with van der Waals surface area (Å²) >= 11 is 0. The number of unbranched alkanes of at least 4 members (excludes halogenated alkanes) is 4. The van der Waals surface area contributed by atoms with Gasteiger partial charge in [-0.25, -0.2) is 4.79 Å². The van der Waals surface area contributed by atoms with Gasteiger partial charge in [-0.2, -0.15) is 4.79 Å². The van der Waals surface area contributed by atoms with E-state index in [0.29, 0.717) is 17.3 Å². The van der Waals surface area contributed by atoms with E-state index < -0.39 is 30.4 Å². The lowest BCUT2D eigenvalue weighted by molar-refractivity contribution is -0.862. The van der Waals surface area contributed by atoms with Gasteiger partial charge in [0.25, 0.3) is 0 Å². The summed E-state index contributed by atoms with van der Waals surface area (Å²) in [5, 5.41) is 26.4. The van der Waals surface area contributed by atoms with Gasteiger partial charge in [0.05, 0.1) is 33.4 Å². The van der Waals surface area contributed by atoms with Gasteiger partial charge < -0.3 is 34.8 Å². The number of ether oxygens (including phenoxy) is 2. The van der Waals surface area contributed by atoms with Gasteiger partial charge >= 0.3 is 11.9 Å². The van der Waals surface area contributed by atoms with Gasteiger partial charge in [-0.15, -0.1) is 0 Å². The van der Waals surface area contributed by atoms with Crippen molar-refractivity contribution in [2.45, 2.75) is 115 Å². The normalized spacial score (nSPS) is 14.6. The average molecular weight is 626 g/mol. The van der Waals surface area contributed by atoms with Crippen LogP contribution >= 0.6 is 0 Å². The van der Waals surface area contributed by atoms with E-state index in [1.807, 2.05) is 21.1 Å². The number of rotatable bonds is 25. The minimum Gasteiger partial charge on any atom is -0.455 e. The van der Waals surface area contributed by atoms with Crippen molar-refractivity contribution in [3.8, 4) is 0 Å². The molecular weight excluding hydrogens is 566 g/mol. The molecule has 0 fully saturated rings. The Morgan fingerprint density at radius 1 is 0.727 bits per heavy atom. The Balaban J connectivity index is 4.36. The van der Waals surface area contributed by atoms with Crippen LogP contribution in [0.25, 0.3) is 0 Å². The zero-order chi connectivity index (χ0) is 33.4. The molecule has 0 rings (SSSR count). The second kappa shape index (κ2) is 24.4. The third kappa shape index (κ3) is 23.6. The van der Waals surface area contributed by atoms with Crippen LogP contribution in [0.2, 0.25) is 0 Å². The second-order valence-corrected chi connectivity index (χ2v) is 12.2. The van der Waals surface area contributed by atoms with Crippen LogP contribution in [0.5, 0.6) is 0 Å². The number of hydrogen-bond donors (Lipinski definition) is 4. The summed E-state index contributed by atoms with van der Waals surface area (Å²) in [5.74, 6) is -1.46. The molecule has 4 atom stereocenters. The van der Waals surface area contributed by atoms with Crippen molar-refractivity contribution in [2.75, 3.05) is 40.8 Å². The summed E-state index contributed by atoms with van der Waals surface area (Å²) in [6, 6.07) is 0. The molecule has 44 heavy (non-hydrogen) atoms. The molecular formula is C33H59N3O8+2. The van der Waals surface area contributed by atoms with E-state index in [1.54, 1.807) is 24.3 Å². The number of esters is 2. The van der Waals surface area contributed by atoms with Crippen molar-refractivity contribution in [3.63, 3.8) is 0 Å². The highest BCUT2D eigenvalue weighted by molar-refractivity contribution is 5.78. The number of aliphatic hydroxyl groups is 2. The van der Waals surface area contributed by atoms with Crippen LogP contribution in [-0.2, 0) is 28.7 Å². The Hall–Kier alpha value is -2.89. The SMILES string of the molecule is [CH2+]C(=O)OC(CCCCC)C(O)C/C=C/CC(=O)NCCNC(=O)C/C=C/CC(O)C(CCCCC)OC(=O)C[N+](C)(C)C. The molecule has 0 saturated heterocycles. The first-order chi connectivity index (χ1) is 20.8. The maximum Gasteiger partial charge on any atom is 0.493 e. The molecule has 0 aromatic rings. The number of nitrogens with zero attached hydrogens (tertiary/aromatic N) is 1. The van der Waals surface area contributed by atoms with Crippen molar-refractivity contribution in [1.29, 1.82) is 0 Å². The van der Waals surface area contributed by atoms with Crippen LogP contribution < -0.4 is 10.6 Å². The molecule has 11 nitrogen and oxygen atoms in total. The fraction of sp³-hybridized carbons (Fsp3) is 0.727. The van der Waals surface area contributed by atoms with E-state index in [2.05, 4.69) is 31.4 Å². The van der Waals surface area contributed by atoms with Gasteiger partial charge in [0.15, 0.2) is 13.5 Å². The van der Waals surface area contributed by atoms with Gasteiger partial charge in [-0.1, -0.05) is 63.8 Å². The van der Waals surface area contributed by atoms with Gasteiger partial charge in [-0.3, -0.25) is 9.59 Å². The molecule has 0 aromatic carbocycles. The highest BCUT2D eigenvalue weighted by Crippen LogP contribution is 2.16. The summed E-state index contributed by atoms with van der Waals surface area (Å²) in [6.45, 7) is 8.11. The molecule has 0 saturated carbocycles. The van der Waals surface area contributed by atoms with E-state index in [9.17, 15) is 29.4 Å². The maximum absolute atomic E-state index is 12.3. The van der Waals surface area contributed by atoms with Crippen molar-refractivity contribution in [2.24, 2.45) is 0 Å². The van der Waals surface area contributed by atoms with E-state index in [4.69, 9.17) is 9.47 Å². The van der Waals surface area contributed by atoms with Crippen LogP contribution in [-0.4, -0.2) is 104 Å². The largest absolute Gasteiger partial charge is 0.493 e.